The zero-order valence-electron chi connectivity index (χ0n) is 12.3. The zero-order valence-corrected chi connectivity index (χ0v) is 12.3. The first kappa shape index (κ1) is 13.4. The van der Waals surface area contributed by atoms with Crippen LogP contribution < -0.4 is 10.1 Å². The molecule has 3 heteroatoms. The van der Waals surface area contributed by atoms with Gasteiger partial charge >= 0.3 is 0 Å². The van der Waals surface area contributed by atoms with Crippen molar-refractivity contribution in [1.29, 1.82) is 0 Å². The van der Waals surface area contributed by atoms with Crippen LogP contribution in [0.3, 0.4) is 0 Å². The number of hydrogen-bond donors (Lipinski definition) is 1. The van der Waals surface area contributed by atoms with Crippen LogP contribution in [0.2, 0.25) is 0 Å². The molecule has 0 radical (unpaired) electrons. The van der Waals surface area contributed by atoms with Crippen molar-refractivity contribution >= 4 is 16.5 Å². The molecule has 0 amide bonds. The van der Waals surface area contributed by atoms with Crippen molar-refractivity contribution in [2.24, 2.45) is 0 Å². The van der Waals surface area contributed by atoms with Gasteiger partial charge in [-0.05, 0) is 30.2 Å². The number of ether oxygens (including phenoxy) is 1. The van der Waals surface area contributed by atoms with Crippen LogP contribution in [0.1, 0.15) is 11.1 Å². The highest BCUT2D eigenvalue weighted by Crippen LogP contribution is 2.31. The van der Waals surface area contributed by atoms with Gasteiger partial charge in [0, 0.05) is 29.2 Å². The number of aromatic nitrogens is 1. The van der Waals surface area contributed by atoms with E-state index in [1.807, 2.05) is 24.4 Å². The van der Waals surface area contributed by atoms with Crippen molar-refractivity contribution in [2.45, 2.75) is 13.5 Å². The molecule has 0 bridgehead atoms. The number of nitrogens with zero attached hydrogens (tertiary/aromatic N) is 1. The first-order chi connectivity index (χ1) is 10.3. The molecule has 1 aromatic heterocycles. The summed E-state index contributed by atoms with van der Waals surface area (Å²) in [6.45, 7) is 2.87. The fourth-order valence-corrected chi connectivity index (χ4v) is 2.55. The van der Waals surface area contributed by atoms with E-state index in [1.165, 1.54) is 10.9 Å². The summed E-state index contributed by atoms with van der Waals surface area (Å²) in [7, 11) is 1.65. The van der Waals surface area contributed by atoms with Crippen molar-refractivity contribution in [2.75, 3.05) is 12.4 Å². The van der Waals surface area contributed by atoms with Crippen molar-refractivity contribution in [3.63, 3.8) is 0 Å². The molecule has 3 aromatic rings. The molecule has 0 aliphatic carbocycles. The molecule has 0 unspecified atom stereocenters. The maximum absolute atomic E-state index is 5.36. The van der Waals surface area contributed by atoms with E-state index in [0.29, 0.717) is 5.88 Å². The lowest BCUT2D eigenvalue weighted by molar-refractivity contribution is 0.403. The Balaban J connectivity index is 1.99. The van der Waals surface area contributed by atoms with Gasteiger partial charge in [-0.3, -0.25) is 0 Å². The van der Waals surface area contributed by atoms with Crippen LogP contribution in [0.5, 0.6) is 5.88 Å². The Morgan fingerprint density at radius 1 is 1.05 bits per heavy atom. The van der Waals surface area contributed by atoms with E-state index in [1.54, 1.807) is 7.11 Å². The standard InChI is InChI=1S/C18H18N2O/c1-13-11-20-18(21-2)15-9-6-10-16(17(13)15)19-12-14-7-4-3-5-8-14/h3-11,19H,12H2,1-2H3. The molecule has 0 atom stereocenters. The first-order valence-corrected chi connectivity index (χ1v) is 6.99. The molecule has 3 rings (SSSR count). The molecule has 0 saturated heterocycles. The predicted molar refractivity (Wildman–Crippen MR) is 86.8 cm³/mol. The van der Waals surface area contributed by atoms with Crippen molar-refractivity contribution < 1.29 is 4.74 Å². The van der Waals surface area contributed by atoms with Crippen LogP contribution >= 0.6 is 0 Å². The summed E-state index contributed by atoms with van der Waals surface area (Å²) in [6.07, 6.45) is 1.86. The number of fused-ring (bicyclic) bond motifs is 1. The summed E-state index contributed by atoms with van der Waals surface area (Å²) in [5.74, 6) is 0.666. The van der Waals surface area contributed by atoms with Crippen molar-refractivity contribution in [3.8, 4) is 5.88 Å². The monoisotopic (exact) mass is 278 g/mol. The Morgan fingerprint density at radius 2 is 1.86 bits per heavy atom. The number of nitrogens with one attached hydrogen (secondary N) is 1. The summed E-state index contributed by atoms with van der Waals surface area (Å²) in [5.41, 5.74) is 3.50. The number of anilines is 1. The first-order valence-electron chi connectivity index (χ1n) is 6.99. The highest BCUT2D eigenvalue weighted by Gasteiger charge is 2.09. The highest BCUT2D eigenvalue weighted by atomic mass is 16.5. The second kappa shape index (κ2) is 5.83. The molecule has 21 heavy (non-hydrogen) atoms. The molecule has 1 heterocycles. The summed E-state index contributed by atoms with van der Waals surface area (Å²) < 4.78 is 5.36. The second-order valence-corrected chi connectivity index (χ2v) is 5.02. The maximum atomic E-state index is 5.36. The molecule has 3 nitrogen and oxygen atoms in total. The normalized spacial score (nSPS) is 10.6. The molecule has 0 saturated carbocycles. The molecular formula is C18H18N2O. The maximum Gasteiger partial charge on any atom is 0.221 e. The van der Waals surface area contributed by atoms with Crippen LogP contribution in [-0.2, 0) is 6.54 Å². The third-order valence-corrected chi connectivity index (χ3v) is 3.58. The Hall–Kier alpha value is -2.55. The van der Waals surface area contributed by atoms with E-state index in [4.69, 9.17) is 4.74 Å². The largest absolute Gasteiger partial charge is 0.481 e. The molecule has 0 fully saturated rings. The van der Waals surface area contributed by atoms with Crippen LogP contribution in [-0.4, -0.2) is 12.1 Å². The Kier molecular flexibility index (Phi) is 3.73. The minimum atomic E-state index is 0.666. The predicted octanol–water partition coefficient (Wildman–Crippen LogP) is 4.16. The average Bonchev–Trinajstić information content (AvgIpc) is 2.54. The van der Waals surface area contributed by atoms with Gasteiger partial charge in [0.25, 0.3) is 0 Å². The lowest BCUT2D eigenvalue weighted by Gasteiger charge is -2.13. The van der Waals surface area contributed by atoms with Crippen LogP contribution in [0, 0.1) is 6.92 Å². The third kappa shape index (κ3) is 2.68. The van der Waals surface area contributed by atoms with Crippen LogP contribution in [0.15, 0.2) is 54.7 Å². The number of methoxy groups -OCH3 is 1. The van der Waals surface area contributed by atoms with Gasteiger partial charge in [0.1, 0.15) is 0 Å². The lowest BCUT2D eigenvalue weighted by atomic mass is 10.1. The van der Waals surface area contributed by atoms with Crippen LogP contribution in [0.25, 0.3) is 10.8 Å². The van der Waals surface area contributed by atoms with Gasteiger partial charge in [0.05, 0.1) is 7.11 Å². The molecule has 106 valence electrons. The minimum absolute atomic E-state index is 0.666. The number of aryl methyl sites for hydroxylation is 1. The van der Waals surface area contributed by atoms with E-state index < -0.39 is 0 Å². The SMILES string of the molecule is COc1ncc(C)c2c(NCc3ccccc3)cccc12. The Morgan fingerprint density at radius 3 is 2.62 bits per heavy atom. The number of pyridine rings is 1. The van der Waals surface area contributed by atoms with E-state index in [0.717, 1.165) is 23.2 Å². The third-order valence-electron chi connectivity index (χ3n) is 3.58. The van der Waals surface area contributed by atoms with Gasteiger partial charge in [-0.15, -0.1) is 0 Å². The van der Waals surface area contributed by atoms with Crippen molar-refractivity contribution in [1.82, 2.24) is 4.98 Å². The van der Waals surface area contributed by atoms with Gasteiger partial charge in [-0.1, -0.05) is 36.4 Å². The second-order valence-electron chi connectivity index (χ2n) is 5.02. The molecule has 0 spiro atoms. The fraction of sp³-hybridized carbons (Fsp3) is 0.167. The molecular weight excluding hydrogens is 260 g/mol. The quantitative estimate of drug-likeness (QED) is 0.778. The zero-order chi connectivity index (χ0) is 14.7. The summed E-state index contributed by atoms with van der Waals surface area (Å²) in [4.78, 5) is 4.33. The molecule has 0 aliphatic heterocycles. The van der Waals surface area contributed by atoms with E-state index >= 15 is 0 Å². The smallest absolute Gasteiger partial charge is 0.221 e. The van der Waals surface area contributed by atoms with Gasteiger partial charge < -0.3 is 10.1 Å². The fourth-order valence-electron chi connectivity index (χ4n) is 2.55. The average molecular weight is 278 g/mol. The van der Waals surface area contributed by atoms with Crippen LogP contribution in [0.4, 0.5) is 5.69 Å². The number of rotatable bonds is 4. The van der Waals surface area contributed by atoms with Gasteiger partial charge in [-0.25, -0.2) is 4.98 Å². The molecule has 1 N–H and O–H groups in total. The van der Waals surface area contributed by atoms with E-state index in [9.17, 15) is 0 Å². The van der Waals surface area contributed by atoms with E-state index in [-0.39, 0.29) is 0 Å². The minimum Gasteiger partial charge on any atom is -0.481 e. The highest BCUT2D eigenvalue weighted by molar-refractivity contribution is 5.98. The molecule has 2 aromatic carbocycles. The summed E-state index contributed by atoms with van der Waals surface area (Å²) in [5, 5.41) is 5.72. The summed E-state index contributed by atoms with van der Waals surface area (Å²) >= 11 is 0. The van der Waals surface area contributed by atoms with Crippen molar-refractivity contribution in [3.05, 3.63) is 65.9 Å². The van der Waals surface area contributed by atoms with Gasteiger partial charge in [-0.2, -0.15) is 0 Å². The molecule has 0 aliphatic rings. The number of benzene rings is 2. The summed E-state index contributed by atoms with van der Waals surface area (Å²) in [6, 6.07) is 16.5. The lowest BCUT2D eigenvalue weighted by Crippen LogP contribution is -2.01. The van der Waals surface area contributed by atoms with Gasteiger partial charge in [0.15, 0.2) is 0 Å². The Labute approximate surface area is 124 Å². The number of hydrogen-bond acceptors (Lipinski definition) is 3. The Bertz CT molecular complexity index is 754. The topological polar surface area (TPSA) is 34.1 Å². The van der Waals surface area contributed by atoms with Gasteiger partial charge in [0.2, 0.25) is 5.88 Å². The van der Waals surface area contributed by atoms with E-state index in [2.05, 4.69) is 47.6 Å².